The summed E-state index contributed by atoms with van der Waals surface area (Å²) in [5.74, 6) is -0.340. The van der Waals surface area contributed by atoms with Crippen LogP contribution in [-0.2, 0) is 14.3 Å². The van der Waals surface area contributed by atoms with E-state index in [0.29, 0.717) is 0 Å². The van der Waals surface area contributed by atoms with Crippen molar-refractivity contribution < 1.29 is 14.3 Å². The number of benzene rings is 1. The van der Waals surface area contributed by atoms with E-state index in [0.717, 1.165) is 5.69 Å². The number of carbonyl (C=O) groups is 1. The van der Waals surface area contributed by atoms with Gasteiger partial charge in [0.1, 0.15) is 6.54 Å². The van der Waals surface area contributed by atoms with E-state index in [-0.39, 0.29) is 12.5 Å². The van der Waals surface area contributed by atoms with Crippen LogP contribution in [0.15, 0.2) is 30.3 Å². The molecular formula is C11H15NO3. The molecule has 1 aromatic rings. The molecule has 1 atom stereocenters. The number of para-hydroxylation sites is 1. The molecule has 0 aliphatic heterocycles. The number of hydrogen-bond donors (Lipinski definition) is 1. The Kier molecular flexibility index (Phi) is 4.63. The number of esters is 1. The number of nitrogens with one attached hydrogen (secondary N) is 1. The average molecular weight is 209 g/mol. The van der Waals surface area contributed by atoms with Crippen LogP contribution in [-0.4, -0.2) is 25.9 Å². The van der Waals surface area contributed by atoms with E-state index in [1.54, 1.807) is 6.92 Å². The largest absolute Gasteiger partial charge is 0.435 e. The molecule has 0 bridgehead atoms. The minimum absolute atomic E-state index is 0.137. The van der Waals surface area contributed by atoms with Gasteiger partial charge in [-0.1, -0.05) is 18.2 Å². The summed E-state index contributed by atoms with van der Waals surface area (Å²) < 4.78 is 9.70. The third-order valence-corrected chi connectivity index (χ3v) is 1.84. The zero-order chi connectivity index (χ0) is 11.1. The molecule has 0 aromatic heterocycles. The first-order chi connectivity index (χ1) is 7.22. The van der Waals surface area contributed by atoms with Gasteiger partial charge in [0, 0.05) is 12.8 Å². The first-order valence-corrected chi connectivity index (χ1v) is 4.73. The molecule has 0 spiro atoms. The van der Waals surface area contributed by atoms with Crippen LogP contribution in [0.5, 0.6) is 0 Å². The predicted molar refractivity (Wildman–Crippen MR) is 57.5 cm³/mol. The molecule has 1 rings (SSSR count). The Balaban J connectivity index is 2.29. The number of rotatable bonds is 5. The Morgan fingerprint density at radius 2 is 2.07 bits per heavy atom. The van der Waals surface area contributed by atoms with Gasteiger partial charge < -0.3 is 14.8 Å². The number of ether oxygens (including phenoxy) is 2. The van der Waals surface area contributed by atoms with Gasteiger partial charge in [-0.2, -0.15) is 0 Å². The minimum Gasteiger partial charge on any atom is -0.435 e. The molecule has 1 N–H and O–H groups in total. The predicted octanol–water partition coefficient (Wildman–Crippen LogP) is 1.63. The number of anilines is 1. The summed E-state index contributed by atoms with van der Waals surface area (Å²) in [6.07, 6.45) is -0.505. The van der Waals surface area contributed by atoms with E-state index in [1.165, 1.54) is 7.11 Å². The maximum Gasteiger partial charge on any atom is 0.327 e. The molecule has 0 saturated carbocycles. The van der Waals surface area contributed by atoms with Gasteiger partial charge in [-0.3, -0.25) is 4.79 Å². The fourth-order valence-electron chi connectivity index (χ4n) is 1.01. The topological polar surface area (TPSA) is 47.6 Å². The summed E-state index contributed by atoms with van der Waals surface area (Å²) in [6.45, 7) is 1.80. The van der Waals surface area contributed by atoms with Crippen molar-refractivity contribution >= 4 is 11.7 Å². The molecule has 0 saturated heterocycles. The molecule has 0 amide bonds. The summed E-state index contributed by atoms with van der Waals surface area (Å²) in [7, 11) is 1.49. The van der Waals surface area contributed by atoms with Crippen LogP contribution in [0.4, 0.5) is 5.69 Å². The molecule has 15 heavy (non-hydrogen) atoms. The van der Waals surface area contributed by atoms with Crippen molar-refractivity contribution in [1.29, 1.82) is 0 Å². The maximum atomic E-state index is 11.2. The molecule has 0 heterocycles. The third-order valence-electron chi connectivity index (χ3n) is 1.84. The Labute approximate surface area is 89.2 Å². The van der Waals surface area contributed by atoms with Crippen molar-refractivity contribution in [3.63, 3.8) is 0 Å². The van der Waals surface area contributed by atoms with Gasteiger partial charge >= 0.3 is 5.97 Å². The van der Waals surface area contributed by atoms with E-state index in [9.17, 15) is 4.79 Å². The van der Waals surface area contributed by atoms with Crippen LogP contribution >= 0.6 is 0 Å². The van der Waals surface area contributed by atoms with Crippen LogP contribution in [0.2, 0.25) is 0 Å². The fourth-order valence-corrected chi connectivity index (χ4v) is 1.01. The lowest BCUT2D eigenvalue weighted by Gasteiger charge is -2.11. The van der Waals surface area contributed by atoms with Crippen molar-refractivity contribution in [1.82, 2.24) is 0 Å². The van der Waals surface area contributed by atoms with Crippen molar-refractivity contribution in [2.45, 2.75) is 13.2 Å². The van der Waals surface area contributed by atoms with E-state index in [1.807, 2.05) is 30.3 Å². The van der Waals surface area contributed by atoms with Gasteiger partial charge in [0.15, 0.2) is 6.29 Å². The number of methoxy groups -OCH3 is 1. The second-order valence-corrected chi connectivity index (χ2v) is 3.01. The van der Waals surface area contributed by atoms with Crippen molar-refractivity contribution in [3.05, 3.63) is 30.3 Å². The summed E-state index contributed by atoms with van der Waals surface area (Å²) in [5, 5.41) is 2.94. The van der Waals surface area contributed by atoms with Crippen LogP contribution in [0, 0.1) is 0 Å². The quantitative estimate of drug-likeness (QED) is 0.591. The highest BCUT2D eigenvalue weighted by Gasteiger charge is 2.07. The third kappa shape index (κ3) is 4.46. The lowest BCUT2D eigenvalue weighted by Crippen LogP contribution is -2.22. The highest BCUT2D eigenvalue weighted by molar-refractivity contribution is 5.75. The van der Waals surface area contributed by atoms with E-state index in [2.05, 4.69) is 5.32 Å². The first kappa shape index (κ1) is 11.5. The Morgan fingerprint density at radius 1 is 1.40 bits per heavy atom. The summed E-state index contributed by atoms with van der Waals surface area (Å²) >= 11 is 0. The van der Waals surface area contributed by atoms with Gasteiger partial charge in [0.25, 0.3) is 0 Å². The monoisotopic (exact) mass is 209 g/mol. The molecule has 1 unspecified atom stereocenters. The summed E-state index contributed by atoms with van der Waals surface area (Å²) in [4.78, 5) is 11.2. The Morgan fingerprint density at radius 3 is 2.67 bits per heavy atom. The van der Waals surface area contributed by atoms with Gasteiger partial charge in [-0.25, -0.2) is 0 Å². The van der Waals surface area contributed by atoms with Crippen molar-refractivity contribution in [3.8, 4) is 0 Å². The molecule has 4 heteroatoms. The van der Waals surface area contributed by atoms with Gasteiger partial charge in [-0.15, -0.1) is 0 Å². The molecule has 4 nitrogen and oxygen atoms in total. The van der Waals surface area contributed by atoms with E-state index < -0.39 is 6.29 Å². The molecular weight excluding hydrogens is 194 g/mol. The molecule has 0 aliphatic carbocycles. The van der Waals surface area contributed by atoms with Crippen molar-refractivity contribution in [2.24, 2.45) is 0 Å². The highest BCUT2D eigenvalue weighted by Crippen LogP contribution is 2.04. The first-order valence-electron chi connectivity index (χ1n) is 4.73. The molecule has 1 aromatic carbocycles. The normalized spacial score (nSPS) is 11.9. The maximum absolute atomic E-state index is 11.2. The SMILES string of the molecule is COC(C)OC(=O)CNc1ccccc1. The second kappa shape index (κ2) is 6.03. The number of hydrogen-bond acceptors (Lipinski definition) is 4. The lowest BCUT2D eigenvalue weighted by atomic mass is 10.3. The van der Waals surface area contributed by atoms with Crippen LogP contribution in [0.3, 0.4) is 0 Å². The Hall–Kier alpha value is -1.55. The van der Waals surface area contributed by atoms with Crippen molar-refractivity contribution in [2.75, 3.05) is 19.0 Å². The van der Waals surface area contributed by atoms with Crippen LogP contribution < -0.4 is 5.32 Å². The highest BCUT2D eigenvalue weighted by atomic mass is 16.7. The van der Waals surface area contributed by atoms with E-state index >= 15 is 0 Å². The second-order valence-electron chi connectivity index (χ2n) is 3.01. The van der Waals surface area contributed by atoms with Gasteiger partial charge in [0.2, 0.25) is 0 Å². The molecule has 0 aliphatic rings. The molecule has 0 radical (unpaired) electrons. The molecule has 0 fully saturated rings. The summed E-state index contributed by atoms with van der Waals surface area (Å²) in [5.41, 5.74) is 0.888. The van der Waals surface area contributed by atoms with Gasteiger partial charge in [0.05, 0.1) is 0 Å². The number of carbonyl (C=O) groups excluding carboxylic acids is 1. The van der Waals surface area contributed by atoms with Crippen LogP contribution in [0.1, 0.15) is 6.92 Å². The smallest absolute Gasteiger partial charge is 0.327 e. The standard InChI is InChI=1S/C11H15NO3/c1-9(14-2)15-11(13)8-12-10-6-4-3-5-7-10/h3-7,9,12H,8H2,1-2H3. The zero-order valence-electron chi connectivity index (χ0n) is 8.90. The lowest BCUT2D eigenvalue weighted by molar-refractivity contribution is -0.167. The average Bonchev–Trinajstić information content (AvgIpc) is 2.27. The molecule has 82 valence electrons. The Bertz CT molecular complexity index is 300. The fraction of sp³-hybridized carbons (Fsp3) is 0.364. The van der Waals surface area contributed by atoms with Gasteiger partial charge in [-0.05, 0) is 19.1 Å². The van der Waals surface area contributed by atoms with E-state index in [4.69, 9.17) is 9.47 Å². The van der Waals surface area contributed by atoms with Crippen LogP contribution in [0.25, 0.3) is 0 Å². The summed E-state index contributed by atoms with van der Waals surface area (Å²) in [6, 6.07) is 9.47. The minimum atomic E-state index is -0.505. The zero-order valence-corrected chi connectivity index (χ0v) is 8.90.